The molecular weight excluding hydrogens is 560 g/mol. The van der Waals surface area contributed by atoms with Gasteiger partial charge in [0.2, 0.25) is 0 Å². The van der Waals surface area contributed by atoms with Crippen LogP contribution < -0.4 is 9.47 Å². The highest BCUT2D eigenvalue weighted by Crippen LogP contribution is 2.40. The quantitative estimate of drug-likeness (QED) is 0.165. The zero-order valence-electron chi connectivity index (χ0n) is 22.1. The van der Waals surface area contributed by atoms with E-state index in [4.69, 9.17) is 9.47 Å². The van der Waals surface area contributed by atoms with Gasteiger partial charge in [0.1, 0.15) is 28.8 Å². The van der Waals surface area contributed by atoms with Crippen molar-refractivity contribution >= 4 is 0 Å². The van der Waals surface area contributed by atoms with Crippen molar-refractivity contribution in [1.82, 2.24) is 0 Å². The fourth-order valence-electron chi connectivity index (χ4n) is 4.84. The number of halogens is 8. The fraction of sp³-hybridized carbons (Fsp3) is 0.400. The molecule has 3 nitrogen and oxygen atoms in total. The Balaban J connectivity index is 1.53. The van der Waals surface area contributed by atoms with Crippen molar-refractivity contribution < 1.29 is 49.3 Å². The van der Waals surface area contributed by atoms with Crippen LogP contribution in [0.3, 0.4) is 0 Å². The number of hydrogen-bond donors (Lipinski definition) is 0. The third kappa shape index (κ3) is 7.12. The molecule has 2 unspecified atom stereocenters. The van der Waals surface area contributed by atoms with E-state index < -0.39 is 58.9 Å². The van der Waals surface area contributed by atoms with E-state index >= 15 is 4.39 Å². The van der Waals surface area contributed by atoms with Gasteiger partial charge in [0.15, 0.2) is 17.4 Å². The molecule has 1 heterocycles. The van der Waals surface area contributed by atoms with Crippen LogP contribution in [-0.4, -0.2) is 19.9 Å². The zero-order chi connectivity index (χ0) is 29.7. The third-order valence-corrected chi connectivity index (χ3v) is 6.82. The molecule has 222 valence electrons. The summed E-state index contributed by atoms with van der Waals surface area (Å²) in [6.45, 7) is 1.46. The van der Waals surface area contributed by atoms with Gasteiger partial charge in [-0.15, -0.1) is 0 Å². The van der Waals surface area contributed by atoms with Crippen LogP contribution in [0.25, 0.3) is 11.1 Å². The van der Waals surface area contributed by atoms with Gasteiger partial charge in [0, 0.05) is 24.1 Å². The van der Waals surface area contributed by atoms with Crippen LogP contribution in [0.1, 0.15) is 56.3 Å². The first-order chi connectivity index (χ1) is 19.5. The van der Waals surface area contributed by atoms with Gasteiger partial charge in [-0.05, 0) is 54.5 Å². The first-order valence-electron chi connectivity index (χ1n) is 13.2. The molecule has 0 radical (unpaired) electrons. The van der Waals surface area contributed by atoms with Gasteiger partial charge in [0.05, 0.1) is 26.0 Å². The number of hydrogen-bond acceptors (Lipinski definition) is 3. The normalized spacial score (nSPS) is 17.5. The third-order valence-electron chi connectivity index (χ3n) is 6.82. The average molecular weight is 589 g/mol. The Morgan fingerprint density at radius 3 is 2.12 bits per heavy atom. The number of benzene rings is 3. The first-order valence-corrected chi connectivity index (χ1v) is 13.2. The van der Waals surface area contributed by atoms with Crippen LogP contribution in [0.5, 0.6) is 11.5 Å². The minimum Gasteiger partial charge on any atom is -0.488 e. The lowest BCUT2D eigenvalue weighted by atomic mass is 9.91. The van der Waals surface area contributed by atoms with Crippen LogP contribution in [-0.2, 0) is 10.8 Å². The summed E-state index contributed by atoms with van der Waals surface area (Å²) in [5.41, 5.74) is -1.85. The van der Waals surface area contributed by atoms with E-state index in [2.05, 4.69) is 11.7 Å². The molecule has 0 spiro atoms. The van der Waals surface area contributed by atoms with Crippen LogP contribution in [0.2, 0.25) is 0 Å². The summed E-state index contributed by atoms with van der Waals surface area (Å²) >= 11 is 0. The van der Waals surface area contributed by atoms with Crippen LogP contribution >= 0.6 is 0 Å². The van der Waals surface area contributed by atoms with Gasteiger partial charge >= 0.3 is 6.11 Å². The molecule has 1 saturated heterocycles. The van der Waals surface area contributed by atoms with E-state index in [1.54, 1.807) is 6.07 Å². The lowest BCUT2D eigenvalue weighted by Crippen LogP contribution is -2.25. The molecule has 3 aromatic carbocycles. The summed E-state index contributed by atoms with van der Waals surface area (Å²) in [5.74, 6) is -8.82. The van der Waals surface area contributed by atoms with Crippen molar-refractivity contribution in [2.45, 2.75) is 51.2 Å². The van der Waals surface area contributed by atoms with Crippen LogP contribution in [0, 0.1) is 35.0 Å². The van der Waals surface area contributed by atoms with Gasteiger partial charge in [-0.25, -0.2) is 22.0 Å². The number of ether oxygens (including phenoxy) is 3. The maximum Gasteiger partial charge on any atom is 0.432 e. The minimum absolute atomic E-state index is 0.160. The predicted octanol–water partition coefficient (Wildman–Crippen LogP) is 9.18. The van der Waals surface area contributed by atoms with E-state index in [0.717, 1.165) is 19.3 Å². The molecule has 41 heavy (non-hydrogen) atoms. The van der Waals surface area contributed by atoms with Crippen molar-refractivity contribution in [3.8, 4) is 22.6 Å². The second-order valence-corrected chi connectivity index (χ2v) is 9.83. The predicted molar refractivity (Wildman–Crippen MR) is 135 cm³/mol. The standard InChI is InChI=1S/C30H28F8O3/c1-2-4-17-5-8-27(40-16-17)18-6-7-21(22(32)11-18)19-12-23(33)28(24(34)13-19)30(37,38)41-20-14-25(35)29(26(36)15-20)39-10-3-9-31/h6-7,11-15,17,27H,2-5,8-10,16H2,1H3. The highest BCUT2D eigenvalue weighted by molar-refractivity contribution is 5.65. The molecule has 0 aromatic heterocycles. The van der Waals surface area contributed by atoms with Crippen molar-refractivity contribution in [1.29, 1.82) is 0 Å². The van der Waals surface area contributed by atoms with Crippen molar-refractivity contribution in [2.24, 2.45) is 5.92 Å². The van der Waals surface area contributed by atoms with E-state index in [1.165, 1.54) is 12.1 Å². The molecule has 1 aliphatic rings. The summed E-state index contributed by atoms with van der Waals surface area (Å²) in [6, 6.07) is 5.74. The Bertz CT molecular complexity index is 1310. The summed E-state index contributed by atoms with van der Waals surface area (Å²) in [5, 5.41) is 0. The monoisotopic (exact) mass is 588 g/mol. The summed E-state index contributed by atoms with van der Waals surface area (Å²) < 4.78 is 130. The van der Waals surface area contributed by atoms with Crippen molar-refractivity contribution in [2.75, 3.05) is 19.9 Å². The second kappa shape index (κ2) is 13.1. The van der Waals surface area contributed by atoms with E-state index in [0.29, 0.717) is 48.8 Å². The highest BCUT2D eigenvalue weighted by atomic mass is 19.3. The molecule has 0 saturated carbocycles. The Kier molecular flexibility index (Phi) is 9.78. The molecule has 2 atom stereocenters. The number of alkyl halides is 3. The SMILES string of the molecule is CCCC1CCC(c2ccc(-c3cc(F)c(C(F)(F)Oc4cc(F)c(OCCCF)c(F)c4)c(F)c3)c(F)c2)OC1. The van der Waals surface area contributed by atoms with Gasteiger partial charge in [-0.2, -0.15) is 8.78 Å². The maximum absolute atomic E-state index is 15.0. The van der Waals surface area contributed by atoms with Crippen LogP contribution in [0.15, 0.2) is 42.5 Å². The van der Waals surface area contributed by atoms with E-state index in [-0.39, 0.29) is 30.3 Å². The lowest BCUT2D eigenvalue weighted by Gasteiger charge is -2.29. The molecule has 0 aliphatic carbocycles. The fourth-order valence-corrected chi connectivity index (χ4v) is 4.84. The summed E-state index contributed by atoms with van der Waals surface area (Å²) in [7, 11) is 0. The van der Waals surface area contributed by atoms with E-state index in [9.17, 15) is 30.7 Å². The molecular formula is C30H28F8O3. The second-order valence-electron chi connectivity index (χ2n) is 9.83. The molecule has 0 bridgehead atoms. The number of rotatable bonds is 11. The van der Waals surface area contributed by atoms with Gasteiger partial charge < -0.3 is 14.2 Å². The highest BCUT2D eigenvalue weighted by Gasteiger charge is 2.41. The van der Waals surface area contributed by atoms with Crippen LogP contribution in [0.4, 0.5) is 35.1 Å². The smallest absolute Gasteiger partial charge is 0.432 e. The van der Waals surface area contributed by atoms with Crippen molar-refractivity contribution in [3.63, 3.8) is 0 Å². The Labute approximate surface area is 232 Å². The van der Waals surface area contributed by atoms with Gasteiger partial charge in [-0.1, -0.05) is 25.5 Å². The first kappa shape index (κ1) is 30.6. The van der Waals surface area contributed by atoms with Gasteiger partial charge in [0.25, 0.3) is 0 Å². The maximum atomic E-state index is 15.0. The Morgan fingerprint density at radius 2 is 1.56 bits per heavy atom. The topological polar surface area (TPSA) is 27.7 Å². The molecule has 4 rings (SSSR count). The molecule has 3 aromatic rings. The molecule has 1 fully saturated rings. The Hall–Kier alpha value is -3.34. The van der Waals surface area contributed by atoms with Gasteiger partial charge in [-0.3, -0.25) is 4.39 Å². The average Bonchev–Trinajstić information content (AvgIpc) is 2.90. The molecule has 0 amide bonds. The zero-order valence-corrected chi connectivity index (χ0v) is 22.1. The summed E-state index contributed by atoms with van der Waals surface area (Å²) in [4.78, 5) is 0. The lowest BCUT2D eigenvalue weighted by molar-refractivity contribution is -0.189. The molecule has 0 N–H and O–H groups in total. The van der Waals surface area contributed by atoms with E-state index in [1.807, 2.05) is 0 Å². The van der Waals surface area contributed by atoms with Crippen molar-refractivity contribution in [3.05, 3.63) is 82.7 Å². The molecule has 11 heteroatoms. The minimum atomic E-state index is -4.71. The molecule has 1 aliphatic heterocycles. The summed E-state index contributed by atoms with van der Waals surface area (Å²) in [6.07, 6.45) is -1.51. The largest absolute Gasteiger partial charge is 0.488 e. The Morgan fingerprint density at radius 1 is 0.878 bits per heavy atom.